The van der Waals surface area contributed by atoms with E-state index in [0.29, 0.717) is 17.4 Å². The van der Waals surface area contributed by atoms with E-state index >= 15 is 0 Å². The van der Waals surface area contributed by atoms with E-state index in [-0.39, 0.29) is 16.3 Å². The second-order valence-electron chi connectivity index (χ2n) is 8.34. The summed E-state index contributed by atoms with van der Waals surface area (Å²) in [4.78, 5) is 12.7. The Hall–Kier alpha value is -4.05. The van der Waals surface area contributed by atoms with E-state index in [1.54, 1.807) is 24.3 Å². The van der Waals surface area contributed by atoms with Gasteiger partial charge in [-0.05, 0) is 53.4 Å². The van der Waals surface area contributed by atoms with E-state index in [4.69, 9.17) is 14.2 Å². The minimum atomic E-state index is -4.17. The molecular formula is C27H31N3O6S. The number of carbonyl (C=O) groups excluding carboxylic acids is 1. The van der Waals surface area contributed by atoms with Gasteiger partial charge in [0.1, 0.15) is 12.3 Å². The van der Waals surface area contributed by atoms with Gasteiger partial charge >= 0.3 is 0 Å². The lowest BCUT2D eigenvalue weighted by molar-refractivity contribution is -0.119. The molecule has 9 nitrogen and oxygen atoms in total. The van der Waals surface area contributed by atoms with Crippen LogP contribution in [0.1, 0.15) is 30.9 Å². The van der Waals surface area contributed by atoms with Crippen molar-refractivity contribution in [2.45, 2.75) is 24.7 Å². The third-order valence-corrected chi connectivity index (χ3v) is 7.37. The number of benzene rings is 3. The summed E-state index contributed by atoms with van der Waals surface area (Å²) in [6, 6.07) is 18.4. The van der Waals surface area contributed by atoms with Crippen LogP contribution in [-0.4, -0.2) is 48.4 Å². The monoisotopic (exact) mass is 525 g/mol. The zero-order valence-corrected chi connectivity index (χ0v) is 22.3. The molecule has 3 aromatic rings. The maximum atomic E-state index is 13.7. The Morgan fingerprint density at radius 2 is 1.57 bits per heavy atom. The maximum Gasteiger partial charge on any atom is 0.264 e. The molecule has 196 valence electrons. The Kier molecular flexibility index (Phi) is 9.13. The van der Waals surface area contributed by atoms with Crippen molar-refractivity contribution >= 4 is 27.8 Å². The molecule has 0 aliphatic heterocycles. The van der Waals surface area contributed by atoms with Crippen LogP contribution in [0.5, 0.6) is 17.2 Å². The molecule has 10 heteroatoms. The average molecular weight is 526 g/mol. The number of hydrogen-bond acceptors (Lipinski definition) is 7. The van der Waals surface area contributed by atoms with Crippen LogP contribution in [0, 0.1) is 0 Å². The first-order valence-corrected chi connectivity index (χ1v) is 12.9. The van der Waals surface area contributed by atoms with Crippen molar-refractivity contribution in [2.24, 2.45) is 5.10 Å². The Bertz CT molecular complexity index is 1340. The number of nitrogens with one attached hydrogen (secondary N) is 1. The van der Waals surface area contributed by atoms with Crippen molar-refractivity contribution < 1.29 is 27.4 Å². The highest BCUT2D eigenvalue weighted by molar-refractivity contribution is 7.92. The molecule has 0 saturated carbocycles. The van der Waals surface area contributed by atoms with Crippen molar-refractivity contribution in [3.63, 3.8) is 0 Å². The molecule has 37 heavy (non-hydrogen) atoms. The summed E-state index contributed by atoms with van der Waals surface area (Å²) in [6.45, 7) is 3.70. The summed E-state index contributed by atoms with van der Waals surface area (Å²) in [5, 5.41) is 3.99. The van der Waals surface area contributed by atoms with E-state index in [1.165, 1.54) is 51.3 Å². The molecule has 0 unspecified atom stereocenters. The molecule has 0 spiro atoms. The minimum absolute atomic E-state index is 0.0671. The first-order valence-electron chi connectivity index (χ1n) is 11.5. The van der Waals surface area contributed by atoms with Crippen LogP contribution in [-0.2, 0) is 14.8 Å². The van der Waals surface area contributed by atoms with E-state index < -0.39 is 22.5 Å². The first-order chi connectivity index (χ1) is 17.7. The normalized spacial score (nSPS) is 11.4. The quantitative estimate of drug-likeness (QED) is 0.297. The van der Waals surface area contributed by atoms with Gasteiger partial charge in [-0.2, -0.15) is 5.10 Å². The topological polar surface area (TPSA) is 107 Å². The van der Waals surface area contributed by atoms with Gasteiger partial charge < -0.3 is 14.2 Å². The standard InChI is InChI=1S/C27H31N3O6S/c1-19(2)21-8-6-20(7-9-21)17-28-29-27(31)18-30(22-10-12-23(34-3)13-11-22)37(32,33)24-14-15-25(35-4)26(16-24)36-5/h6-17,19H,18H2,1-5H3,(H,29,31)/b28-17+. The van der Waals surface area contributed by atoms with Crippen LogP contribution in [0.3, 0.4) is 0 Å². The summed E-state index contributed by atoms with van der Waals surface area (Å²) in [5.41, 5.74) is 4.68. The Morgan fingerprint density at radius 1 is 0.919 bits per heavy atom. The van der Waals surface area contributed by atoms with Crippen LogP contribution in [0.25, 0.3) is 0 Å². The molecular weight excluding hydrogens is 494 g/mol. The maximum absolute atomic E-state index is 13.7. The fraction of sp³-hybridized carbons (Fsp3) is 0.259. The summed E-state index contributed by atoms with van der Waals surface area (Å²) < 4.78 is 43.9. The molecule has 3 rings (SSSR count). The molecule has 0 fully saturated rings. The van der Waals surface area contributed by atoms with Crippen molar-refractivity contribution in [1.82, 2.24) is 5.43 Å². The number of nitrogens with zero attached hydrogens (tertiary/aromatic N) is 2. The molecule has 0 aromatic heterocycles. The summed E-state index contributed by atoms with van der Waals surface area (Å²) in [5.74, 6) is 0.962. The smallest absolute Gasteiger partial charge is 0.264 e. The van der Waals surface area contributed by atoms with Crippen LogP contribution >= 0.6 is 0 Å². The molecule has 3 aromatic carbocycles. The number of hydrogen-bond donors (Lipinski definition) is 1. The zero-order valence-electron chi connectivity index (χ0n) is 21.5. The van der Waals surface area contributed by atoms with Gasteiger partial charge in [0, 0.05) is 6.07 Å². The molecule has 1 amide bonds. The highest BCUT2D eigenvalue weighted by Gasteiger charge is 2.28. The largest absolute Gasteiger partial charge is 0.497 e. The van der Waals surface area contributed by atoms with E-state index in [0.717, 1.165) is 9.87 Å². The van der Waals surface area contributed by atoms with Crippen molar-refractivity contribution in [3.05, 3.63) is 77.9 Å². The highest BCUT2D eigenvalue weighted by Crippen LogP contribution is 2.32. The fourth-order valence-corrected chi connectivity index (χ4v) is 4.92. The Labute approximate surface area is 217 Å². The third-order valence-electron chi connectivity index (χ3n) is 5.60. The van der Waals surface area contributed by atoms with Crippen LogP contribution in [0.4, 0.5) is 5.69 Å². The van der Waals surface area contributed by atoms with Crippen molar-refractivity contribution in [2.75, 3.05) is 32.2 Å². The summed E-state index contributed by atoms with van der Waals surface area (Å²) >= 11 is 0. The van der Waals surface area contributed by atoms with Gasteiger partial charge in [0.2, 0.25) is 0 Å². The number of methoxy groups -OCH3 is 3. The number of sulfonamides is 1. The van der Waals surface area contributed by atoms with Crippen molar-refractivity contribution in [3.8, 4) is 17.2 Å². The van der Waals surface area contributed by atoms with Gasteiger partial charge in [-0.15, -0.1) is 0 Å². The van der Waals surface area contributed by atoms with E-state index in [2.05, 4.69) is 24.4 Å². The molecule has 0 saturated heterocycles. The molecule has 0 bridgehead atoms. The van der Waals surface area contributed by atoms with Crippen molar-refractivity contribution in [1.29, 1.82) is 0 Å². The van der Waals surface area contributed by atoms with Gasteiger partial charge in [-0.1, -0.05) is 38.1 Å². The zero-order chi connectivity index (χ0) is 27.0. The average Bonchev–Trinajstić information content (AvgIpc) is 2.91. The van der Waals surface area contributed by atoms with Gasteiger partial charge in [0.15, 0.2) is 11.5 Å². The second-order valence-corrected chi connectivity index (χ2v) is 10.2. The Morgan fingerprint density at radius 3 is 2.14 bits per heavy atom. The number of hydrazone groups is 1. The van der Waals surface area contributed by atoms with Gasteiger partial charge in [-0.3, -0.25) is 9.10 Å². The molecule has 0 heterocycles. The SMILES string of the molecule is COc1ccc(N(CC(=O)N/N=C/c2ccc(C(C)C)cc2)S(=O)(=O)c2ccc(OC)c(OC)c2)cc1. The predicted molar refractivity (Wildman–Crippen MR) is 143 cm³/mol. The van der Waals surface area contributed by atoms with Crippen LogP contribution in [0.15, 0.2) is 76.7 Å². The number of amides is 1. The van der Waals surface area contributed by atoms with Gasteiger partial charge in [-0.25, -0.2) is 13.8 Å². The third kappa shape index (κ3) is 6.79. The lowest BCUT2D eigenvalue weighted by atomic mass is 10.0. The highest BCUT2D eigenvalue weighted by atomic mass is 32.2. The first kappa shape index (κ1) is 27.5. The molecule has 0 radical (unpaired) electrons. The Balaban J connectivity index is 1.86. The van der Waals surface area contributed by atoms with E-state index in [1.807, 2.05) is 24.3 Å². The molecule has 0 aliphatic rings. The molecule has 0 atom stereocenters. The number of carbonyl (C=O) groups is 1. The van der Waals surface area contributed by atoms with Crippen LogP contribution in [0.2, 0.25) is 0 Å². The summed E-state index contributed by atoms with van der Waals surface area (Å²) in [6.07, 6.45) is 1.50. The number of anilines is 1. The minimum Gasteiger partial charge on any atom is -0.497 e. The fourth-order valence-electron chi connectivity index (χ4n) is 3.48. The lowest BCUT2D eigenvalue weighted by Crippen LogP contribution is -2.39. The van der Waals surface area contributed by atoms with Crippen LogP contribution < -0.4 is 23.9 Å². The summed E-state index contributed by atoms with van der Waals surface area (Å²) in [7, 11) is 0.208. The molecule has 0 aliphatic carbocycles. The second kappa shape index (κ2) is 12.3. The number of ether oxygens (including phenoxy) is 3. The van der Waals surface area contributed by atoms with Gasteiger partial charge in [0.05, 0.1) is 38.1 Å². The van der Waals surface area contributed by atoms with Gasteiger partial charge in [0.25, 0.3) is 15.9 Å². The lowest BCUT2D eigenvalue weighted by Gasteiger charge is -2.24. The molecule has 1 N–H and O–H groups in total. The number of rotatable bonds is 11. The predicted octanol–water partition coefficient (Wildman–Crippen LogP) is 4.18. The van der Waals surface area contributed by atoms with E-state index in [9.17, 15) is 13.2 Å².